The lowest BCUT2D eigenvalue weighted by molar-refractivity contribution is -0.127. The highest BCUT2D eigenvalue weighted by Gasteiger charge is 2.29. The molecule has 1 aromatic rings. The van der Waals surface area contributed by atoms with Crippen molar-refractivity contribution in [1.29, 1.82) is 0 Å². The van der Waals surface area contributed by atoms with Crippen LogP contribution < -0.4 is 10.6 Å². The summed E-state index contributed by atoms with van der Waals surface area (Å²) < 4.78 is 5.93. The smallest absolute Gasteiger partial charge is 0.224 e. The fourth-order valence-corrected chi connectivity index (χ4v) is 2.74. The number of benzene rings is 1. The van der Waals surface area contributed by atoms with Crippen LogP contribution in [-0.4, -0.2) is 32.1 Å². The first kappa shape index (κ1) is 18.9. The molecule has 0 aliphatic carbocycles. The summed E-state index contributed by atoms with van der Waals surface area (Å²) in [7, 11) is 1.86. The van der Waals surface area contributed by atoms with Crippen molar-refractivity contribution in [3.8, 4) is 0 Å². The molecule has 0 aromatic heterocycles. The van der Waals surface area contributed by atoms with E-state index in [2.05, 4.69) is 41.8 Å². The van der Waals surface area contributed by atoms with Crippen LogP contribution in [0.4, 0.5) is 0 Å². The van der Waals surface area contributed by atoms with Gasteiger partial charge in [-0.05, 0) is 32.4 Å². The minimum atomic E-state index is -0.0370. The zero-order valence-electron chi connectivity index (χ0n) is 13.6. The number of carbonyl (C=O) groups excluding carboxylic acids is 1. The van der Waals surface area contributed by atoms with E-state index in [1.165, 1.54) is 5.56 Å². The Labute approximate surface area is 139 Å². The molecule has 0 radical (unpaired) electrons. The summed E-state index contributed by atoms with van der Waals surface area (Å²) in [6.45, 7) is 5.46. The minimum Gasteiger partial charge on any atom is -0.371 e. The van der Waals surface area contributed by atoms with Gasteiger partial charge in [-0.3, -0.25) is 4.79 Å². The molecule has 1 saturated heterocycles. The number of carbonyl (C=O) groups is 1. The Morgan fingerprint density at radius 1 is 1.36 bits per heavy atom. The Hall–Kier alpha value is -1.10. The second-order valence-electron chi connectivity index (χ2n) is 5.92. The van der Waals surface area contributed by atoms with Gasteiger partial charge in [-0.25, -0.2) is 0 Å². The number of nitrogens with one attached hydrogen (secondary N) is 2. The van der Waals surface area contributed by atoms with Crippen molar-refractivity contribution in [3.05, 3.63) is 35.4 Å². The van der Waals surface area contributed by atoms with Crippen LogP contribution in [-0.2, 0) is 9.53 Å². The van der Waals surface area contributed by atoms with Crippen LogP contribution in [0.25, 0.3) is 0 Å². The van der Waals surface area contributed by atoms with Crippen LogP contribution in [0.1, 0.15) is 37.0 Å². The maximum Gasteiger partial charge on any atom is 0.224 e. The van der Waals surface area contributed by atoms with Gasteiger partial charge in [-0.1, -0.05) is 36.8 Å². The molecule has 4 nitrogen and oxygen atoms in total. The largest absolute Gasteiger partial charge is 0.371 e. The standard InChI is InChI=1S/C17H26N2O2.ClH/c1-12-6-8-14(9-7-12)16-15(5-4-10-21-16)19-17(20)13(2)11-18-3;/h6-9,13,15-16,18H,4-5,10-11H2,1-3H3,(H,19,20);1H. The fraction of sp³-hybridized carbons (Fsp3) is 0.588. The highest BCUT2D eigenvalue weighted by Crippen LogP contribution is 2.28. The molecule has 124 valence electrons. The number of halogens is 1. The number of hydrogen-bond donors (Lipinski definition) is 2. The normalized spacial score (nSPS) is 22.5. The average molecular weight is 327 g/mol. The third-order valence-corrected chi connectivity index (χ3v) is 4.01. The van der Waals surface area contributed by atoms with Gasteiger partial charge in [-0.15, -0.1) is 12.4 Å². The van der Waals surface area contributed by atoms with Crippen molar-refractivity contribution in [2.75, 3.05) is 20.2 Å². The zero-order chi connectivity index (χ0) is 15.2. The second-order valence-corrected chi connectivity index (χ2v) is 5.92. The van der Waals surface area contributed by atoms with E-state index in [4.69, 9.17) is 4.74 Å². The van der Waals surface area contributed by atoms with Gasteiger partial charge in [-0.2, -0.15) is 0 Å². The lowest BCUT2D eigenvalue weighted by atomic mass is 9.94. The lowest BCUT2D eigenvalue weighted by Crippen LogP contribution is -2.46. The summed E-state index contributed by atoms with van der Waals surface area (Å²) in [5.41, 5.74) is 2.38. The molecular weight excluding hydrogens is 300 g/mol. The predicted molar refractivity (Wildman–Crippen MR) is 91.4 cm³/mol. The third kappa shape index (κ3) is 4.97. The first-order chi connectivity index (χ1) is 10.1. The van der Waals surface area contributed by atoms with Crippen LogP contribution in [0.5, 0.6) is 0 Å². The molecule has 22 heavy (non-hydrogen) atoms. The molecule has 1 heterocycles. The van der Waals surface area contributed by atoms with Gasteiger partial charge in [0.2, 0.25) is 5.91 Å². The predicted octanol–water partition coefficient (Wildman–Crippen LogP) is 2.61. The Bertz CT molecular complexity index is 464. The van der Waals surface area contributed by atoms with Gasteiger partial charge in [0.05, 0.1) is 6.04 Å². The average Bonchev–Trinajstić information content (AvgIpc) is 2.49. The second kappa shape index (κ2) is 9.13. The van der Waals surface area contributed by atoms with Crippen molar-refractivity contribution >= 4 is 18.3 Å². The summed E-state index contributed by atoms with van der Waals surface area (Å²) in [6, 6.07) is 8.45. The summed E-state index contributed by atoms with van der Waals surface area (Å²) >= 11 is 0. The molecule has 1 aromatic carbocycles. The number of amides is 1. The van der Waals surface area contributed by atoms with Crippen LogP contribution in [0.15, 0.2) is 24.3 Å². The van der Waals surface area contributed by atoms with E-state index < -0.39 is 0 Å². The Morgan fingerprint density at radius 3 is 2.68 bits per heavy atom. The molecule has 2 N–H and O–H groups in total. The van der Waals surface area contributed by atoms with E-state index in [1.807, 2.05) is 14.0 Å². The number of rotatable bonds is 5. The van der Waals surface area contributed by atoms with Crippen LogP contribution in [0, 0.1) is 12.8 Å². The van der Waals surface area contributed by atoms with Crippen molar-refractivity contribution in [2.24, 2.45) is 5.92 Å². The maximum absolute atomic E-state index is 12.2. The van der Waals surface area contributed by atoms with Crippen molar-refractivity contribution in [2.45, 2.75) is 38.8 Å². The van der Waals surface area contributed by atoms with E-state index in [0.717, 1.165) is 25.0 Å². The lowest BCUT2D eigenvalue weighted by Gasteiger charge is -2.33. The molecule has 0 bridgehead atoms. The van der Waals surface area contributed by atoms with E-state index >= 15 is 0 Å². The summed E-state index contributed by atoms with van der Waals surface area (Å²) in [4.78, 5) is 12.2. The minimum absolute atomic E-state index is 0. The van der Waals surface area contributed by atoms with Gasteiger partial charge >= 0.3 is 0 Å². The summed E-state index contributed by atoms with van der Waals surface area (Å²) in [6.07, 6.45) is 1.93. The molecule has 2 rings (SSSR count). The quantitative estimate of drug-likeness (QED) is 0.874. The molecule has 1 fully saturated rings. The number of hydrogen-bond acceptors (Lipinski definition) is 3. The van der Waals surface area contributed by atoms with Crippen LogP contribution in [0.2, 0.25) is 0 Å². The van der Waals surface area contributed by atoms with Gasteiger partial charge < -0.3 is 15.4 Å². The van der Waals surface area contributed by atoms with Gasteiger partial charge in [0, 0.05) is 19.1 Å². The monoisotopic (exact) mass is 326 g/mol. The zero-order valence-corrected chi connectivity index (χ0v) is 14.4. The van der Waals surface area contributed by atoms with Gasteiger partial charge in [0.25, 0.3) is 0 Å². The Morgan fingerprint density at radius 2 is 2.05 bits per heavy atom. The highest BCUT2D eigenvalue weighted by atomic mass is 35.5. The fourth-order valence-electron chi connectivity index (χ4n) is 2.74. The van der Waals surface area contributed by atoms with Crippen molar-refractivity contribution in [3.63, 3.8) is 0 Å². The first-order valence-electron chi connectivity index (χ1n) is 7.75. The highest BCUT2D eigenvalue weighted by molar-refractivity contribution is 5.85. The Balaban J connectivity index is 0.00000242. The Kier molecular flexibility index (Phi) is 7.87. The maximum atomic E-state index is 12.2. The first-order valence-corrected chi connectivity index (χ1v) is 7.75. The van der Waals surface area contributed by atoms with Crippen molar-refractivity contribution < 1.29 is 9.53 Å². The number of ether oxygens (including phenoxy) is 1. The topological polar surface area (TPSA) is 50.4 Å². The molecule has 0 spiro atoms. The summed E-state index contributed by atoms with van der Waals surface area (Å²) in [5.74, 6) is 0.0626. The molecule has 3 unspecified atom stereocenters. The summed E-state index contributed by atoms with van der Waals surface area (Å²) in [5, 5.41) is 6.21. The molecule has 5 heteroatoms. The van der Waals surface area contributed by atoms with E-state index in [9.17, 15) is 4.79 Å². The molecule has 1 amide bonds. The van der Waals surface area contributed by atoms with Crippen LogP contribution in [0.3, 0.4) is 0 Å². The SMILES string of the molecule is CNCC(C)C(=O)NC1CCCOC1c1ccc(C)cc1.Cl. The van der Waals surface area contributed by atoms with Gasteiger partial charge in [0.1, 0.15) is 6.10 Å². The molecule has 3 atom stereocenters. The van der Waals surface area contributed by atoms with Crippen LogP contribution >= 0.6 is 12.4 Å². The molecular formula is C17H27ClN2O2. The van der Waals surface area contributed by atoms with E-state index in [0.29, 0.717) is 6.54 Å². The van der Waals surface area contributed by atoms with E-state index in [1.54, 1.807) is 0 Å². The van der Waals surface area contributed by atoms with E-state index in [-0.39, 0.29) is 36.4 Å². The van der Waals surface area contributed by atoms with Crippen molar-refractivity contribution in [1.82, 2.24) is 10.6 Å². The molecule has 1 aliphatic rings. The number of aryl methyl sites for hydroxylation is 1. The molecule has 1 aliphatic heterocycles. The third-order valence-electron chi connectivity index (χ3n) is 4.01. The van der Waals surface area contributed by atoms with Gasteiger partial charge in [0.15, 0.2) is 0 Å². The molecule has 0 saturated carbocycles.